The van der Waals surface area contributed by atoms with Crippen LogP contribution in [0.1, 0.15) is 12.1 Å². The highest BCUT2D eigenvalue weighted by Gasteiger charge is 2.26. The van der Waals surface area contributed by atoms with E-state index in [1.165, 1.54) is 0 Å². The summed E-state index contributed by atoms with van der Waals surface area (Å²) in [4.78, 5) is 59.0. The molecule has 1 aromatic rings. The van der Waals surface area contributed by atoms with E-state index in [2.05, 4.69) is 13.2 Å². The van der Waals surface area contributed by atoms with Gasteiger partial charge in [-0.3, -0.25) is 4.98 Å². The standard InChI is InChI=1S/C11H11N3O7/c1-3-5(7(15)16)13-9(19)12-10(20)14(11(13)21)6(4-2)8(17)18/h3-6H,1-2H2,(H,15,16)(H,17,18)(H,12,19,20). The molecule has 10 nitrogen and oxygen atoms in total. The molecular weight excluding hydrogens is 286 g/mol. The van der Waals surface area contributed by atoms with E-state index in [9.17, 15) is 24.0 Å². The predicted octanol–water partition coefficient (Wildman–Crippen LogP) is -1.68. The van der Waals surface area contributed by atoms with E-state index in [1.807, 2.05) is 0 Å². The molecule has 0 fully saturated rings. The number of carboxylic acids is 2. The normalized spacial score (nSPS) is 13.1. The molecule has 1 rings (SSSR count). The molecule has 0 aromatic carbocycles. The van der Waals surface area contributed by atoms with Crippen molar-refractivity contribution in [1.29, 1.82) is 0 Å². The first-order chi connectivity index (χ1) is 9.76. The monoisotopic (exact) mass is 297 g/mol. The van der Waals surface area contributed by atoms with Crippen molar-refractivity contribution in [2.45, 2.75) is 12.1 Å². The van der Waals surface area contributed by atoms with E-state index in [-0.39, 0.29) is 9.13 Å². The Bertz CT molecular complexity index is 721. The summed E-state index contributed by atoms with van der Waals surface area (Å²) in [5.41, 5.74) is -3.98. The summed E-state index contributed by atoms with van der Waals surface area (Å²) >= 11 is 0. The fourth-order valence-electron chi connectivity index (χ4n) is 1.63. The molecule has 21 heavy (non-hydrogen) atoms. The van der Waals surface area contributed by atoms with E-state index in [4.69, 9.17) is 10.2 Å². The van der Waals surface area contributed by atoms with E-state index >= 15 is 0 Å². The molecule has 112 valence electrons. The minimum absolute atomic E-state index is 0.177. The zero-order valence-electron chi connectivity index (χ0n) is 10.6. The lowest BCUT2D eigenvalue weighted by atomic mass is 10.3. The second kappa shape index (κ2) is 5.86. The number of rotatable bonds is 6. The summed E-state index contributed by atoms with van der Waals surface area (Å²) in [6, 6.07) is -3.51. The van der Waals surface area contributed by atoms with Gasteiger partial charge in [0.2, 0.25) is 0 Å². The molecule has 10 heteroatoms. The number of aliphatic carboxylic acids is 2. The summed E-state index contributed by atoms with van der Waals surface area (Å²) in [5, 5.41) is 17.9. The van der Waals surface area contributed by atoms with Gasteiger partial charge < -0.3 is 10.2 Å². The van der Waals surface area contributed by atoms with Crippen molar-refractivity contribution in [3.8, 4) is 0 Å². The molecule has 0 bridgehead atoms. The van der Waals surface area contributed by atoms with Gasteiger partial charge in [-0.05, 0) is 0 Å². The number of H-pyrrole nitrogens is 1. The second-order valence-corrected chi connectivity index (χ2v) is 3.80. The Kier molecular flexibility index (Phi) is 4.43. The molecular formula is C11H11N3O7. The second-order valence-electron chi connectivity index (χ2n) is 3.80. The fraction of sp³-hybridized carbons (Fsp3) is 0.182. The Morgan fingerprint density at radius 1 is 0.952 bits per heavy atom. The number of carbonyl (C=O) groups is 2. The Morgan fingerprint density at radius 2 is 1.29 bits per heavy atom. The van der Waals surface area contributed by atoms with Crippen LogP contribution in [0.25, 0.3) is 0 Å². The average Bonchev–Trinajstić information content (AvgIpc) is 2.38. The highest BCUT2D eigenvalue weighted by Crippen LogP contribution is 2.03. The van der Waals surface area contributed by atoms with Crippen molar-refractivity contribution < 1.29 is 19.8 Å². The van der Waals surface area contributed by atoms with Crippen LogP contribution in [-0.4, -0.2) is 36.3 Å². The molecule has 3 N–H and O–H groups in total. The highest BCUT2D eigenvalue weighted by molar-refractivity contribution is 5.74. The van der Waals surface area contributed by atoms with Crippen LogP contribution >= 0.6 is 0 Å². The van der Waals surface area contributed by atoms with Crippen molar-refractivity contribution in [3.63, 3.8) is 0 Å². The quantitative estimate of drug-likeness (QED) is 0.530. The lowest BCUT2D eigenvalue weighted by Gasteiger charge is -2.14. The first-order valence-electron chi connectivity index (χ1n) is 5.44. The molecule has 0 amide bonds. The van der Waals surface area contributed by atoms with E-state index < -0.39 is 41.1 Å². The summed E-state index contributed by atoms with van der Waals surface area (Å²) in [6.07, 6.45) is 1.58. The van der Waals surface area contributed by atoms with Gasteiger partial charge in [0, 0.05) is 0 Å². The van der Waals surface area contributed by atoms with Gasteiger partial charge in [-0.1, -0.05) is 12.2 Å². The zero-order chi connectivity index (χ0) is 16.3. The Hall–Kier alpha value is -3.17. The summed E-state index contributed by atoms with van der Waals surface area (Å²) in [7, 11) is 0. The van der Waals surface area contributed by atoms with Crippen molar-refractivity contribution in [2.24, 2.45) is 0 Å². The molecule has 0 radical (unpaired) electrons. The first-order valence-corrected chi connectivity index (χ1v) is 5.44. The molecule has 1 aromatic heterocycles. The molecule has 0 saturated carbocycles. The van der Waals surface area contributed by atoms with Crippen LogP contribution in [0.4, 0.5) is 0 Å². The van der Waals surface area contributed by atoms with Crippen LogP contribution in [0, 0.1) is 0 Å². The molecule has 0 aliphatic rings. The maximum absolute atomic E-state index is 12.1. The van der Waals surface area contributed by atoms with E-state index in [0.717, 1.165) is 12.2 Å². The topological polar surface area (TPSA) is 151 Å². The van der Waals surface area contributed by atoms with Crippen molar-refractivity contribution in [1.82, 2.24) is 14.1 Å². The number of hydrogen-bond donors (Lipinski definition) is 3. The van der Waals surface area contributed by atoms with Gasteiger partial charge in [0.25, 0.3) is 0 Å². The summed E-state index contributed by atoms with van der Waals surface area (Å²) in [6.45, 7) is 6.35. The van der Waals surface area contributed by atoms with E-state index in [1.54, 1.807) is 4.98 Å². The molecule has 0 saturated heterocycles. The molecule has 0 aliphatic heterocycles. The third kappa shape index (κ3) is 2.73. The Morgan fingerprint density at radius 3 is 1.52 bits per heavy atom. The van der Waals surface area contributed by atoms with Gasteiger partial charge in [0.1, 0.15) is 0 Å². The molecule has 0 aliphatic carbocycles. The zero-order valence-corrected chi connectivity index (χ0v) is 10.6. The number of nitrogens with zero attached hydrogens (tertiary/aromatic N) is 2. The third-order valence-electron chi connectivity index (χ3n) is 2.57. The van der Waals surface area contributed by atoms with Crippen LogP contribution in [0.2, 0.25) is 0 Å². The minimum atomic E-state index is -1.76. The maximum atomic E-state index is 12.1. The molecule has 1 heterocycles. The number of carboxylic acid groups (broad SMARTS) is 2. The number of hydrogen-bond acceptors (Lipinski definition) is 5. The Labute approximate surface area is 115 Å². The van der Waals surface area contributed by atoms with Gasteiger partial charge in [-0.2, -0.15) is 0 Å². The van der Waals surface area contributed by atoms with Gasteiger partial charge >= 0.3 is 29.0 Å². The lowest BCUT2D eigenvalue weighted by molar-refractivity contribution is -0.139. The Balaban J connectivity index is 3.84. The first kappa shape index (κ1) is 15.9. The number of aromatic amines is 1. The SMILES string of the molecule is C=CC(C(=O)O)n1c(=O)[nH]c(=O)n(C(C=C)C(=O)O)c1=O. The maximum Gasteiger partial charge on any atom is 0.338 e. The highest BCUT2D eigenvalue weighted by atomic mass is 16.4. The van der Waals surface area contributed by atoms with Crippen LogP contribution in [0.15, 0.2) is 39.7 Å². The van der Waals surface area contributed by atoms with Crippen LogP contribution < -0.4 is 17.1 Å². The number of aromatic nitrogens is 3. The van der Waals surface area contributed by atoms with Crippen molar-refractivity contribution in [2.75, 3.05) is 0 Å². The minimum Gasteiger partial charge on any atom is -0.479 e. The summed E-state index contributed by atoms with van der Waals surface area (Å²) < 4.78 is 0.354. The molecule has 0 spiro atoms. The van der Waals surface area contributed by atoms with Crippen LogP contribution in [-0.2, 0) is 9.59 Å². The van der Waals surface area contributed by atoms with Gasteiger partial charge in [0.05, 0.1) is 0 Å². The summed E-state index contributed by atoms with van der Waals surface area (Å²) in [5.74, 6) is -3.15. The van der Waals surface area contributed by atoms with Crippen molar-refractivity contribution in [3.05, 3.63) is 56.8 Å². The van der Waals surface area contributed by atoms with E-state index in [0.29, 0.717) is 0 Å². The average molecular weight is 297 g/mol. The fourth-order valence-corrected chi connectivity index (χ4v) is 1.63. The van der Waals surface area contributed by atoms with Crippen LogP contribution in [0.5, 0.6) is 0 Å². The van der Waals surface area contributed by atoms with Gasteiger partial charge in [-0.25, -0.2) is 33.1 Å². The smallest absolute Gasteiger partial charge is 0.338 e. The molecule has 2 unspecified atom stereocenters. The van der Waals surface area contributed by atoms with Gasteiger partial charge in [0.15, 0.2) is 12.1 Å². The molecule has 2 atom stereocenters. The van der Waals surface area contributed by atoms with Gasteiger partial charge in [-0.15, -0.1) is 13.2 Å². The lowest BCUT2D eigenvalue weighted by Crippen LogP contribution is -2.53. The largest absolute Gasteiger partial charge is 0.479 e. The third-order valence-corrected chi connectivity index (χ3v) is 2.57. The van der Waals surface area contributed by atoms with Crippen molar-refractivity contribution >= 4 is 11.9 Å². The predicted molar refractivity (Wildman–Crippen MR) is 69.3 cm³/mol. The van der Waals surface area contributed by atoms with Crippen LogP contribution in [0.3, 0.4) is 0 Å². The number of nitrogens with one attached hydrogen (secondary N) is 1.